The third-order valence-electron chi connectivity index (χ3n) is 1.73. The van der Waals surface area contributed by atoms with Gasteiger partial charge in [-0.25, -0.2) is 4.68 Å². The van der Waals surface area contributed by atoms with E-state index in [-0.39, 0.29) is 5.91 Å². The SMILES string of the molecule is CNCCC(=O)n1nc(N)cc1C. The Hall–Kier alpha value is -1.36. The van der Waals surface area contributed by atoms with E-state index in [4.69, 9.17) is 5.73 Å². The predicted octanol–water partition coefficient (Wildman–Crippen LogP) is 0.0234. The van der Waals surface area contributed by atoms with Crippen LogP contribution in [0.3, 0.4) is 0 Å². The Morgan fingerprint density at radius 2 is 2.46 bits per heavy atom. The number of hydrogen-bond donors (Lipinski definition) is 2. The largest absolute Gasteiger partial charge is 0.382 e. The monoisotopic (exact) mass is 182 g/mol. The molecule has 0 radical (unpaired) electrons. The van der Waals surface area contributed by atoms with Crippen molar-refractivity contribution < 1.29 is 4.79 Å². The molecule has 5 nitrogen and oxygen atoms in total. The van der Waals surface area contributed by atoms with Crippen LogP contribution in [0.25, 0.3) is 0 Å². The number of rotatable bonds is 3. The molecule has 0 bridgehead atoms. The maximum Gasteiger partial charge on any atom is 0.248 e. The summed E-state index contributed by atoms with van der Waals surface area (Å²) in [5, 5.41) is 6.78. The molecule has 1 aromatic rings. The number of carbonyl (C=O) groups is 1. The minimum Gasteiger partial charge on any atom is -0.382 e. The lowest BCUT2D eigenvalue weighted by atomic mass is 10.4. The highest BCUT2D eigenvalue weighted by Crippen LogP contribution is 2.04. The molecule has 0 aliphatic rings. The summed E-state index contributed by atoms with van der Waals surface area (Å²) >= 11 is 0. The van der Waals surface area contributed by atoms with E-state index in [9.17, 15) is 4.79 Å². The van der Waals surface area contributed by atoms with E-state index in [2.05, 4.69) is 10.4 Å². The first kappa shape index (κ1) is 9.73. The second-order valence-electron chi connectivity index (χ2n) is 2.87. The first-order valence-corrected chi connectivity index (χ1v) is 4.15. The van der Waals surface area contributed by atoms with E-state index in [1.165, 1.54) is 4.68 Å². The van der Waals surface area contributed by atoms with Crippen LogP contribution in [0.15, 0.2) is 6.07 Å². The van der Waals surface area contributed by atoms with Gasteiger partial charge in [0.2, 0.25) is 5.91 Å². The van der Waals surface area contributed by atoms with Crippen LogP contribution in [0.1, 0.15) is 16.9 Å². The Kier molecular flexibility index (Phi) is 3.02. The molecule has 0 saturated carbocycles. The second-order valence-corrected chi connectivity index (χ2v) is 2.87. The first-order valence-electron chi connectivity index (χ1n) is 4.15. The molecule has 0 unspecified atom stereocenters. The fourth-order valence-electron chi connectivity index (χ4n) is 1.09. The van der Waals surface area contributed by atoms with Crippen molar-refractivity contribution in [3.05, 3.63) is 11.8 Å². The topological polar surface area (TPSA) is 72.9 Å². The molecule has 0 atom stereocenters. The minimum atomic E-state index is -0.0384. The molecule has 0 aliphatic carbocycles. The molecule has 0 fully saturated rings. The van der Waals surface area contributed by atoms with E-state index < -0.39 is 0 Å². The lowest BCUT2D eigenvalue weighted by Gasteiger charge is -2.01. The maximum absolute atomic E-state index is 11.4. The van der Waals surface area contributed by atoms with E-state index in [1.54, 1.807) is 20.0 Å². The molecule has 1 heterocycles. The summed E-state index contributed by atoms with van der Waals surface area (Å²) < 4.78 is 1.34. The average molecular weight is 182 g/mol. The van der Waals surface area contributed by atoms with Gasteiger partial charge < -0.3 is 11.1 Å². The standard InChI is InChI=1S/C8H14N4O/c1-6-5-7(9)11-12(6)8(13)3-4-10-2/h5,10H,3-4H2,1-2H3,(H2,9,11). The van der Waals surface area contributed by atoms with Gasteiger partial charge in [-0.05, 0) is 14.0 Å². The second kappa shape index (κ2) is 4.04. The fraction of sp³-hybridized carbons (Fsp3) is 0.500. The van der Waals surface area contributed by atoms with Crippen molar-refractivity contribution in [1.29, 1.82) is 0 Å². The van der Waals surface area contributed by atoms with Crippen LogP contribution in [0, 0.1) is 6.92 Å². The first-order chi connectivity index (χ1) is 6.15. The highest BCUT2D eigenvalue weighted by Gasteiger charge is 2.08. The van der Waals surface area contributed by atoms with Crippen molar-refractivity contribution in [2.24, 2.45) is 0 Å². The average Bonchev–Trinajstić information content (AvgIpc) is 2.41. The zero-order chi connectivity index (χ0) is 9.84. The van der Waals surface area contributed by atoms with E-state index >= 15 is 0 Å². The summed E-state index contributed by atoms with van der Waals surface area (Å²) in [7, 11) is 1.80. The quantitative estimate of drug-likeness (QED) is 0.691. The molecule has 1 rings (SSSR count). The number of nitrogen functional groups attached to an aromatic ring is 1. The lowest BCUT2D eigenvalue weighted by molar-refractivity contribution is 0.0885. The number of nitrogens with two attached hydrogens (primary N) is 1. The number of carbonyl (C=O) groups excluding carboxylic acids is 1. The zero-order valence-corrected chi connectivity index (χ0v) is 7.87. The molecule has 0 spiro atoms. The van der Waals surface area contributed by atoms with Gasteiger partial charge in [-0.2, -0.15) is 0 Å². The zero-order valence-electron chi connectivity index (χ0n) is 7.87. The van der Waals surface area contributed by atoms with Gasteiger partial charge in [-0.15, -0.1) is 5.10 Å². The van der Waals surface area contributed by atoms with Crippen molar-refractivity contribution in [2.45, 2.75) is 13.3 Å². The van der Waals surface area contributed by atoms with Crippen molar-refractivity contribution in [3.8, 4) is 0 Å². The Balaban J connectivity index is 2.70. The number of anilines is 1. The Morgan fingerprint density at radius 1 is 1.77 bits per heavy atom. The van der Waals surface area contributed by atoms with Gasteiger partial charge in [-0.1, -0.05) is 0 Å². The van der Waals surface area contributed by atoms with Crippen molar-refractivity contribution in [3.63, 3.8) is 0 Å². The smallest absolute Gasteiger partial charge is 0.248 e. The molecular weight excluding hydrogens is 168 g/mol. The molecule has 13 heavy (non-hydrogen) atoms. The predicted molar refractivity (Wildman–Crippen MR) is 50.5 cm³/mol. The number of aromatic nitrogens is 2. The minimum absolute atomic E-state index is 0.0384. The summed E-state index contributed by atoms with van der Waals surface area (Å²) in [5.41, 5.74) is 6.22. The molecule has 3 N–H and O–H groups in total. The van der Waals surface area contributed by atoms with E-state index in [1.807, 2.05) is 0 Å². The lowest BCUT2D eigenvalue weighted by Crippen LogP contribution is -2.20. The molecule has 0 aromatic carbocycles. The van der Waals surface area contributed by atoms with Gasteiger partial charge in [0.15, 0.2) is 0 Å². The van der Waals surface area contributed by atoms with E-state index in [0.29, 0.717) is 18.8 Å². The molecule has 0 amide bonds. The van der Waals surface area contributed by atoms with Crippen LogP contribution in [-0.2, 0) is 0 Å². The van der Waals surface area contributed by atoms with E-state index in [0.717, 1.165) is 5.69 Å². The molecule has 0 saturated heterocycles. The van der Waals surface area contributed by atoms with Gasteiger partial charge >= 0.3 is 0 Å². The summed E-state index contributed by atoms with van der Waals surface area (Å²) in [6.45, 7) is 2.46. The van der Waals surface area contributed by atoms with Crippen molar-refractivity contribution >= 4 is 11.7 Å². The Bertz CT molecular complexity index is 305. The maximum atomic E-state index is 11.4. The third-order valence-corrected chi connectivity index (χ3v) is 1.73. The molecule has 0 aliphatic heterocycles. The number of nitrogens with one attached hydrogen (secondary N) is 1. The number of nitrogens with zero attached hydrogens (tertiary/aromatic N) is 2. The summed E-state index contributed by atoms with van der Waals surface area (Å²) in [6, 6.07) is 1.68. The normalized spacial score (nSPS) is 10.3. The number of hydrogen-bond acceptors (Lipinski definition) is 4. The fourth-order valence-corrected chi connectivity index (χ4v) is 1.09. The van der Waals surface area contributed by atoms with Gasteiger partial charge in [0.1, 0.15) is 5.82 Å². The highest BCUT2D eigenvalue weighted by molar-refractivity contribution is 5.79. The summed E-state index contributed by atoms with van der Waals surface area (Å²) in [5.74, 6) is 0.346. The van der Waals surface area contributed by atoms with Crippen LogP contribution >= 0.6 is 0 Å². The van der Waals surface area contributed by atoms with Gasteiger partial charge in [0.05, 0.1) is 0 Å². The highest BCUT2D eigenvalue weighted by atomic mass is 16.2. The number of aryl methyl sites for hydroxylation is 1. The molecular formula is C8H14N4O. The molecule has 5 heteroatoms. The van der Waals surface area contributed by atoms with Gasteiger partial charge in [-0.3, -0.25) is 4.79 Å². The van der Waals surface area contributed by atoms with Crippen LogP contribution in [0.4, 0.5) is 5.82 Å². The van der Waals surface area contributed by atoms with Crippen LogP contribution in [0.5, 0.6) is 0 Å². The Labute approximate surface area is 76.9 Å². The van der Waals surface area contributed by atoms with Crippen LogP contribution in [0.2, 0.25) is 0 Å². The van der Waals surface area contributed by atoms with Crippen LogP contribution in [-0.4, -0.2) is 29.3 Å². The molecule has 1 aromatic heterocycles. The third kappa shape index (κ3) is 2.29. The summed E-state index contributed by atoms with van der Waals surface area (Å²) in [6.07, 6.45) is 0.429. The molecule has 72 valence electrons. The summed E-state index contributed by atoms with van der Waals surface area (Å²) in [4.78, 5) is 11.4. The Morgan fingerprint density at radius 3 is 2.92 bits per heavy atom. The van der Waals surface area contributed by atoms with Crippen molar-refractivity contribution in [2.75, 3.05) is 19.3 Å². The van der Waals surface area contributed by atoms with Gasteiger partial charge in [0, 0.05) is 24.7 Å². The van der Waals surface area contributed by atoms with Crippen molar-refractivity contribution in [1.82, 2.24) is 15.1 Å². The van der Waals surface area contributed by atoms with Crippen LogP contribution < -0.4 is 11.1 Å². The van der Waals surface area contributed by atoms with Gasteiger partial charge in [0.25, 0.3) is 0 Å².